The predicted octanol–water partition coefficient (Wildman–Crippen LogP) is 3.76. The van der Waals surface area contributed by atoms with Gasteiger partial charge in [-0.1, -0.05) is 29.4 Å². The van der Waals surface area contributed by atoms with Crippen molar-refractivity contribution >= 4 is 44.1 Å². The van der Waals surface area contributed by atoms with Crippen LogP contribution in [-0.2, 0) is 16.4 Å². The molecule has 9 heteroatoms. The molecule has 0 amide bonds. The lowest BCUT2D eigenvalue weighted by atomic mass is 10.2. The van der Waals surface area contributed by atoms with Gasteiger partial charge in [0.05, 0.1) is 31.2 Å². The van der Waals surface area contributed by atoms with Crippen molar-refractivity contribution in [3.8, 4) is 5.75 Å². The lowest BCUT2D eigenvalue weighted by molar-refractivity contribution is 0.415. The highest BCUT2D eigenvalue weighted by Crippen LogP contribution is 2.38. The summed E-state index contributed by atoms with van der Waals surface area (Å²) in [5.41, 5.74) is 1.17. The third-order valence-electron chi connectivity index (χ3n) is 4.80. The third-order valence-corrected chi connectivity index (χ3v) is 8.40. The number of thioether (sulfide) groups is 1. The predicted molar refractivity (Wildman–Crippen MR) is 112 cm³/mol. The molecule has 0 N–H and O–H groups in total. The lowest BCUT2D eigenvalue weighted by Gasteiger charge is -2.25. The topological polar surface area (TPSA) is 59.0 Å². The molecule has 1 fully saturated rings. The number of amidine groups is 1. The summed E-state index contributed by atoms with van der Waals surface area (Å²) in [6.45, 7) is 0.190. The average molecular weight is 441 g/mol. The van der Waals surface area contributed by atoms with E-state index in [0.29, 0.717) is 21.5 Å². The minimum Gasteiger partial charge on any atom is -0.497 e. The smallest absolute Gasteiger partial charge is 0.164 e. The van der Waals surface area contributed by atoms with Gasteiger partial charge in [0.1, 0.15) is 11.6 Å². The van der Waals surface area contributed by atoms with Crippen molar-refractivity contribution in [3.05, 3.63) is 58.9 Å². The number of hydrogen-bond donors (Lipinski definition) is 0. The first kappa shape index (κ1) is 19.5. The Balaban J connectivity index is 1.70. The molecule has 2 aromatic carbocycles. The molecule has 2 aliphatic heterocycles. The number of aliphatic imine (C=N–C) groups is 1. The van der Waals surface area contributed by atoms with Gasteiger partial charge in [-0.25, -0.2) is 12.8 Å². The third kappa shape index (κ3) is 3.86. The molecule has 1 saturated heterocycles. The van der Waals surface area contributed by atoms with Crippen LogP contribution in [0.4, 0.5) is 10.1 Å². The lowest BCUT2D eigenvalue weighted by Crippen LogP contribution is -2.28. The molecule has 2 aliphatic rings. The summed E-state index contributed by atoms with van der Waals surface area (Å²) in [6, 6.07) is 11.7. The second kappa shape index (κ2) is 7.57. The Morgan fingerprint density at radius 2 is 2.00 bits per heavy atom. The molecule has 0 saturated carbocycles. The second-order valence-corrected chi connectivity index (χ2v) is 10.5. The number of sulfone groups is 1. The standard InChI is InChI=1S/C19H18ClFN2O3S2/c1-26-13-7-5-12(6-8-13)23(9-14-15(20)3-2-4-16(14)21)19-22-17-10-28(24,25)11-18(17)27-19/h2-8,17-18H,9-11H2,1H3/t17-,18+/m0/s1. The number of anilines is 1. The molecular weight excluding hydrogens is 423 g/mol. The van der Waals surface area contributed by atoms with Gasteiger partial charge in [0, 0.05) is 21.5 Å². The summed E-state index contributed by atoms with van der Waals surface area (Å²) in [5.74, 6) is 0.492. The van der Waals surface area contributed by atoms with Crippen LogP contribution in [0.2, 0.25) is 5.02 Å². The fourth-order valence-electron chi connectivity index (χ4n) is 3.34. The van der Waals surface area contributed by atoms with Crippen LogP contribution in [0.25, 0.3) is 0 Å². The van der Waals surface area contributed by atoms with E-state index in [1.54, 1.807) is 19.2 Å². The molecule has 2 atom stereocenters. The molecule has 4 rings (SSSR count). The number of benzene rings is 2. The molecule has 0 spiro atoms. The normalized spacial score (nSPS) is 22.6. The van der Waals surface area contributed by atoms with Gasteiger partial charge in [0.2, 0.25) is 0 Å². The maximum Gasteiger partial charge on any atom is 0.164 e. The zero-order chi connectivity index (χ0) is 19.9. The van der Waals surface area contributed by atoms with Crippen molar-refractivity contribution in [1.29, 1.82) is 0 Å². The quantitative estimate of drug-likeness (QED) is 0.724. The van der Waals surface area contributed by atoms with Gasteiger partial charge in [0.15, 0.2) is 15.0 Å². The number of rotatable bonds is 4. The van der Waals surface area contributed by atoms with Gasteiger partial charge >= 0.3 is 0 Å². The first-order valence-electron chi connectivity index (χ1n) is 8.65. The zero-order valence-electron chi connectivity index (χ0n) is 15.0. The van der Waals surface area contributed by atoms with Gasteiger partial charge < -0.3 is 9.64 Å². The van der Waals surface area contributed by atoms with Crippen molar-refractivity contribution in [3.63, 3.8) is 0 Å². The Kier molecular flexibility index (Phi) is 5.28. The molecule has 0 aromatic heterocycles. The highest BCUT2D eigenvalue weighted by Gasteiger charge is 2.44. The molecule has 148 valence electrons. The minimum atomic E-state index is -3.04. The number of methoxy groups -OCH3 is 1. The second-order valence-electron chi connectivity index (χ2n) is 6.70. The summed E-state index contributed by atoms with van der Waals surface area (Å²) >= 11 is 7.66. The Morgan fingerprint density at radius 1 is 1.25 bits per heavy atom. The molecule has 2 aromatic rings. The highest BCUT2D eigenvalue weighted by molar-refractivity contribution is 8.15. The molecule has 0 bridgehead atoms. The van der Waals surface area contributed by atoms with Crippen molar-refractivity contribution in [2.75, 3.05) is 23.5 Å². The molecule has 5 nitrogen and oxygen atoms in total. The van der Waals surface area contributed by atoms with Crippen LogP contribution >= 0.6 is 23.4 Å². The van der Waals surface area contributed by atoms with Crippen LogP contribution in [0.1, 0.15) is 5.56 Å². The number of ether oxygens (including phenoxy) is 1. The van der Waals surface area contributed by atoms with Crippen LogP contribution in [-0.4, -0.2) is 43.5 Å². The van der Waals surface area contributed by atoms with Crippen molar-refractivity contribution in [1.82, 2.24) is 0 Å². The molecule has 0 aliphatic carbocycles. The first-order valence-corrected chi connectivity index (χ1v) is 11.7. The Labute approximate surface area is 172 Å². The SMILES string of the molecule is COc1ccc(N(Cc2c(F)cccc2Cl)C2=N[C@H]3CS(=O)(=O)C[C@H]3S2)cc1. The van der Waals surface area contributed by atoms with Crippen molar-refractivity contribution < 1.29 is 17.5 Å². The first-order chi connectivity index (χ1) is 13.4. The van der Waals surface area contributed by atoms with Crippen molar-refractivity contribution in [2.45, 2.75) is 17.8 Å². The van der Waals surface area contributed by atoms with E-state index in [4.69, 9.17) is 16.3 Å². The van der Waals surface area contributed by atoms with E-state index >= 15 is 0 Å². The fourth-order valence-corrected chi connectivity index (χ4v) is 7.35. The van der Waals surface area contributed by atoms with E-state index in [2.05, 4.69) is 4.99 Å². The highest BCUT2D eigenvalue weighted by atomic mass is 35.5. The van der Waals surface area contributed by atoms with E-state index in [0.717, 1.165) is 5.69 Å². The minimum absolute atomic E-state index is 0.0606. The van der Waals surface area contributed by atoms with E-state index in [9.17, 15) is 12.8 Å². The van der Waals surface area contributed by atoms with Crippen LogP contribution in [0.15, 0.2) is 47.5 Å². The van der Waals surface area contributed by atoms with Crippen LogP contribution in [0, 0.1) is 5.82 Å². The van der Waals surface area contributed by atoms with Gasteiger partial charge in [-0.3, -0.25) is 4.99 Å². The largest absolute Gasteiger partial charge is 0.497 e. The Bertz CT molecular complexity index is 1010. The Morgan fingerprint density at radius 3 is 2.64 bits per heavy atom. The monoisotopic (exact) mass is 440 g/mol. The van der Waals surface area contributed by atoms with Crippen LogP contribution in [0.3, 0.4) is 0 Å². The van der Waals surface area contributed by atoms with Gasteiger partial charge in [-0.2, -0.15) is 0 Å². The molecule has 0 radical (unpaired) electrons. The number of fused-ring (bicyclic) bond motifs is 1. The van der Waals surface area contributed by atoms with E-state index in [1.165, 1.54) is 17.8 Å². The molecule has 28 heavy (non-hydrogen) atoms. The molecular formula is C19H18ClFN2O3S2. The fraction of sp³-hybridized carbons (Fsp3) is 0.316. The maximum atomic E-state index is 14.4. The summed E-state index contributed by atoms with van der Waals surface area (Å²) < 4.78 is 43.3. The zero-order valence-corrected chi connectivity index (χ0v) is 17.4. The maximum absolute atomic E-state index is 14.4. The average Bonchev–Trinajstić information content (AvgIpc) is 3.15. The van der Waals surface area contributed by atoms with E-state index in [-0.39, 0.29) is 29.3 Å². The van der Waals surface area contributed by atoms with Gasteiger partial charge in [-0.15, -0.1) is 0 Å². The molecule has 2 heterocycles. The van der Waals surface area contributed by atoms with E-state index < -0.39 is 15.7 Å². The van der Waals surface area contributed by atoms with E-state index in [1.807, 2.05) is 29.2 Å². The number of hydrogen-bond acceptors (Lipinski definition) is 6. The number of halogens is 2. The molecule has 0 unspecified atom stereocenters. The number of nitrogens with zero attached hydrogens (tertiary/aromatic N) is 2. The summed E-state index contributed by atoms with van der Waals surface area (Å²) in [6.07, 6.45) is 0. The van der Waals surface area contributed by atoms with Gasteiger partial charge in [0.25, 0.3) is 0 Å². The van der Waals surface area contributed by atoms with Crippen LogP contribution in [0.5, 0.6) is 5.75 Å². The van der Waals surface area contributed by atoms with Gasteiger partial charge in [-0.05, 0) is 36.4 Å². The van der Waals surface area contributed by atoms with Crippen molar-refractivity contribution in [2.24, 2.45) is 4.99 Å². The summed E-state index contributed by atoms with van der Waals surface area (Å²) in [5, 5.41) is 0.913. The van der Waals surface area contributed by atoms with Crippen LogP contribution < -0.4 is 9.64 Å². The summed E-state index contributed by atoms with van der Waals surface area (Å²) in [4.78, 5) is 6.52. The Hall–Kier alpha value is -1.77. The summed E-state index contributed by atoms with van der Waals surface area (Å²) in [7, 11) is -1.46.